The van der Waals surface area contributed by atoms with Crippen molar-refractivity contribution in [2.45, 2.75) is 31.4 Å². The van der Waals surface area contributed by atoms with Gasteiger partial charge in [-0.15, -0.1) is 0 Å². The molecule has 1 N–H and O–H groups in total. The first kappa shape index (κ1) is 14.1. The second-order valence-electron chi connectivity index (χ2n) is 4.74. The van der Waals surface area contributed by atoms with E-state index in [1.165, 1.54) is 18.5 Å². The molecule has 0 bridgehead atoms. The maximum absolute atomic E-state index is 13.1. The van der Waals surface area contributed by atoms with Crippen molar-refractivity contribution < 1.29 is 23.1 Å². The first-order valence-electron chi connectivity index (χ1n) is 5.65. The summed E-state index contributed by atoms with van der Waals surface area (Å²) in [6.07, 6.45) is -2.56. The molecule has 104 valence electrons. The normalized spacial score (nSPS) is 18.9. The topological polar surface area (TPSA) is 50.2 Å². The summed E-state index contributed by atoms with van der Waals surface area (Å²) in [6, 6.07) is 1.36. The molecule has 2 rings (SSSR count). The van der Waals surface area contributed by atoms with Crippen LogP contribution >= 0.6 is 11.6 Å². The number of alkyl halides is 3. The van der Waals surface area contributed by atoms with Crippen molar-refractivity contribution in [3.63, 3.8) is 0 Å². The van der Waals surface area contributed by atoms with E-state index in [0.29, 0.717) is 0 Å². The van der Waals surface area contributed by atoms with Gasteiger partial charge in [0, 0.05) is 18.3 Å². The van der Waals surface area contributed by atoms with Crippen LogP contribution in [0.2, 0.25) is 5.02 Å². The van der Waals surface area contributed by atoms with Crippen molar-refractivity contribution >= 4 is 17.6 Å². The predicted octanol–water partition coefficient (Wildman–Crippen LogP) is 3.64. The lowest BCUT2D eigenvalue weighted by atomic mass is 9.81. The Kier molecular flexibility index (Phi) is 3.47. The average Bonchev–Trinajstić information content (AvgIpc) is 3.05. The maximum Gasteiger partial charge on any atom is 0.395 e. The molecule has 0 amide bonds. The van der Waals surface area contributed by atoms with Crippen LogP contribution in [0.25, 0.3) is 0 Å². The Hall–Kier alpha value is -1.30. The molecule has 1 fully saturated rings. The van der Waals surface area contributed by atoms with E-state index in [4.69, 9.17) is 16.7 Å². The largest absolute Gasteiger partial charge is 0.481 e. The van der Waals surface area contributed by atoms with Crippen LogP contribution < -0.4 is 0 Å². The molecule has 1 heterocycles. The minimum atomic E-state index is -4.42. The van der Waals surface area contributed by atoms with Gasteiger partial charge < -0.3 is 5.11 Å². The van der Waals surface area contributed by atoms with Crippen LogP contribution in [0.15, 0.2) is 18.5 Å². The quantitative estimate of drug-likeness (QED) is 0.922. The Morgan fingerprint density at radius 1 is 1.47 bits per heavy atom. The lowest BCUT2D eigenvalue weighted by Crippen LogP contribution is -2.32. The molecule has 0 spiro atoms. The van der Waals surface area contributed by atoms with Crippen molar-refractivity contribution in [1.29, 1.82) is 0 Å². The number of halogens is 4. The van der Waals surface area contributed by atoms with Crippen molar-refractivity contribution in [2.75, 3.05) is 0 Å². The highest BCUT2D eigenvalue weighted by Gasteiger charge is 2.67. The van der Waals surface area contributed by atoms with E-state index in [1.807, 2.05) is 0 Å². The SMILES string of the molecule is O=C(O)C[C@H](c1cncc(Cl)c1)C1(C(F)(F)F)CC1. The van der Waals surface area contributed by atoms with Gasteiger partial charge in [-0.3, -0.25) is 9.78 Å². The molecule has 1 aromatic rings. The second-order valence-corrected chi connectivity index (χ2v) is 5.18. The second kappa shape index (κ2) is 4.67. The Morgan fingerprint density at radius 2 is 2.11 bits per heavy atom. The van der Waals surface area contributed by atoms with E-state index in [1.54, 1.807) is 0 Å². The predicted molar refractivity (Wildman–Crippen MR) is 62.0 cm³/mol. The van der Waals surface area contributed by atoms with E-state index >= 15 is 0 Å². The van der Waals surface area contributed by atoms with Crippen LogP contribution in [0.1, 0.15) is 30.7 Å². The summed E-state index contributed by atoms with van der Waals surface area (Å²) in [6.45, 7) is 0. The number of aliphatic carboxylic acids is 1. The van der Waals surface area contributed by atoms with E-state index in [2.05, 4.69) is 4.98 Å². The van der Waals surface area contributed by atoms with Crippen LogP contribution in [0.5, 0.6) is 0 Å². The fourth-order valence-electron chi connectivity index (χ4n) is 2.39. The summed E-state index contributed by atoms with van der Waals surface area (Å²) in [5.41, 5.74) is -1.72. The van der Waals surface area contributed by atoms with E-state index < -0.39 is 29.9 Å². The number of carbonyl (C=O) groups is 1. The molecule has 0 saturated heterocycles. The number of hydrogen-bond acceptors (Lipinski definition) is 2. The molecule has 1 atom stereocenters. The molecular weight excluding hydrogens is 283 g/mol. The molecule has 0 aromatic carbocycles. The summed E-state index contributed by atoms with van der Waals surface area (Å²) in [5.74, 6) is -2.41. The van der Waals surface area contributed by atoms with Gasteiger partial charge in [0.2, 0.25) is 0 Å². The Morgan fingerprint density at radius 3 is 2.53 bits per heavy atom. The van der Waals surface area contributed by atoms with Crippen molar-refractivity contribution in [2.24, 2.45) is 5.41 Å². The van der Waals surface area contributed by atoms with Crippen molar-refractivity contribution in [1.82, 2.24) is 4.98 Å². The van der Waals surface area contributed by atoms with Crippen molar-refractivity contribution in [3.05, 3.63) is 29.0 Å². The summed E-state index contributed by atoms with van der Waals surface area (Å²) >= 11 is 5.72. The first-order chi connectivity index (χ1) is 8.76. The van der Waals surface area contributed by atoms with Crippen LogP contribution in [0.4, 0.5) is 13.2 Å². The van der Waals surface area contributed by atoms with Crippen LogP contribution in [-0.4, -0.2) is 22.2 Å². The zero-order valence-corrected chi connectivity index (χ0v) is 10.5. The minimum Gasteiger partial charge on any atom is -0.481 e. The van der Waals surface area contributed by atoms with E-state index in [9.17, 15) is 18.0 Å². The summed E-state index contributed by atoms with van der Waals surface area (Å²) in [7, 11) is 0. The third kappa shape index (κ3) is 2.68. The van der Waals surface area contributed by atoms with Crippen LogP contribution in [0.3, 0.4) is 0 Å². The third-order valence-electron chi connectivity index (χ3n) is 3.53. The van der Waals surface area contributed by atoms with Gasteiger partial charge in [0.1, 0.15) is 0 Å². The first-order valence-corrected chi connectivity index (χ1v) is 6.03. The highest BCUT2D eigenvalue weighted by atomic mass is 35.5. The van der Waals surface area contributed by atoms with Gasteiger partial charge in [-0.25, -0.2) is 0 Å². The number of pyridine rings is 1. The number of hydrogen-bond donors (Lipinski definition) is 1. The molecular formula is C12H11ClF3NO2. The smallest absolute Gasteiger partial charge is 0.395 e. The Labute approximate surface area is 112 Å². The molecule has 19 heavy (non-hydrogen) atoms. The monoisotopic (exact) mass is 293 g/mol. The molecule has 3 nitrogen and oxygen atoms in total. The van der Waals surface area contributed by atoms with E-state index in [0.717, 1.165) is 0 Å². The molecule has 0 aliphatic heterocycles. The Bertz CT molecular complexity index is 500. The highest BCUT2D eigenvalue weighted by Crippen LogP contribution is 2.66. The standard InChI is InChI=1S/C12H11ClF3NO2/c13-8-3-7(5-17-6-8)9(4-10(18)19)11(1-2-11)12(14,15)16/h3,5-6,9H,1-2,4H2,(H,18,19)/t9-/m1/s1. The number of carboxylic acid groups (broad SMARTS) is 1. The zero-order chi connectivity index (χ0) is 14.3. The van der Waals surface area contributed by atoms with Crippen LogP contribution in [-0.2, 0) is 4.79 Å². The van der Waals surface area contributed by atoms with Gasteiger partial charge in [-0.1, -0.05) is 11.6 Å². The summed E-state index contributed by atoms with van der Waals surface area (Å²) in [4.78, 5) is 14.6. The molecule has 1 aliphatic carbocycles. The molecule has 7 heteroatoms. The number of aromatic nitrogens is 1. The molecule has 1 aromatic heterocycles. The van der Waals surface area contributed by atoms with Crippen LogP contribution in [0, 0.1) is 5.41 Å². The molecule has 1 aliphatic rings. The number of nitrogens with zero attached hydrogens (tertiary/aromatic N) is 1. The van der Waals surface area contributed by atoms with Gasteiger partial charge in [-0.05, 0) is 24.5 Å². The van der Waals surface area contributed by atoms with Gasteiger partial charge in [-0.2, -0.15) is 13.2 Å². The number of rotatable bonds is 4. The fourth-order valence-corrected chi connectivity index (χ4v) is 2.57. The lowest BCUT2D eigenvalue weighted by Gasteiger charge is -2.28. The fraction of sp³-hybridized carbons (Fsp3) is 0.500. The van der Waals surface area contributed by atoms with E-state index in [-0.39, 0.29) is 23.4 Å². The Balaban J connectivity index is 2.40. The van der Waals surface area contributed by atoms with Gasteiger partial charge in [0.05, 0.1) is 16.9 Å². The molecule has 0 radical (unpaired) electrons. The highest BCUT2D eigenvalue weighted by molar-refractivity contribution is 6.30. The summed E-state index contributed by atoms with van der Waals surface area (Å²) in [5, 5.41) is 9.05. The minimum absolute atomic E-state index is 0.0546. The van der Waals surface area contributed by atoms with Gasteiger partial charge in [0.25, 0.3) is 0 Å². The molecule has 0 unspecified atom stereocenters. The summed E-state index contributed by atoms with van der Waals surface area (Å²) < 4.78 is 39.4. The molecule has 1 saturated carbocycles. The van der Waals surface area contributed by atoms with Gasteiger partial charge >= 0.3 is 12.1 Å². The lowest BCUT2D eigenvalue weighted by molar-refractivity contribution is -0.195. The average molecular weight is 294 g/mol. The zero-order valence-electron chi connectivity index (χ0n) is 9.75. The maximum atomic E-state index is 13.1. The van der Waals surface area contributed by atoms with Crippen molar-refractivity contribution in [3.8, 4) is 0 Å². The third-order valence-corrected chi connectivity index (χ3v) is 3.73. The van der Waals surface area contributed by atoms with Gasteiger partial charge in [0.15, 0.2) is 0 Å². The number of carboxylic acids is 1.